The lowest BCUT2D eigenvalue weighted by atomic mass is 10.2. The molecule has 0 saturated heterocycles. The van der Waals surface area contributed by atoms with E-state index in [9.17, 15) is 15.5 Å². The van der Waals surface area contributed by atoms with Crippen LogP contribution in [0.2, 0.25) is 0 Å². The van der Waals surface area contributed by atoms with Crippen LogP contribution in [0.3, 0.4) is 0 Å². The van der Waals surface area contributed by atoms with Gasteiger partial charge in [0.15, 0.2) is 5.76 Å². The molecule has 0 radical (unpaired) electrons. The zero-order chi connectivity index (χ0) is 26.9. The maximum atomic E-state index is 10.7. The number of para-hydroxylation sites is 2. The van der Waals surface area contributed by atoms with Crippen LogP contribution in [0.1, 0.15) is 16.4 Å². The Morgan fingerprint density at radius 2 is 1.77 bits per heavy atom. The second-order valence-corrected chi connectivity index (χ2v) is 11.2. The van der Waals surface area contributed by atoms with Crippen molar-refractivity contribution in [3.05, 3.63) is 88.8 Å². The number of nitrogens with one attached hydrogen (secondary N) is 1. The zero-order valence-electron chi connectivity index (χ0n) is 20.8. The van der Waals surface area contributed by atoms with Gasteiger partial charge in [-0.25, -0.2) is 19.1 Å². The molecule has 0 bridgehead atoms. The van der Waals surface area contributed by atoms with Gasteiger partial charge in [0.1, 0.15) is 52.2 Å². The monoisotopic (exact) mass is 554 g/mol. The predicted molar refractivity (Wildman–Crippen MR) is 152 cm³/mol. The van der Waals surface area contributed by atoms with Crippen molar-refractivity contribution in [2.24, 2.45) is 0 Å². The van der Waals surface area contributed by atoms with Crippen molar-refractivity contribution < 1.29 is 14.8 Å². The fourth-order valence-electron chi connectivity index (χ4n) is 4.60. The second kappa shape index (κ2) is 10.3. The lowest BCUT2D eigenvalue weighted by Crippen LogP contribution is -2.32. The first-order chi connectivity index (χ1) is 19.0. The van der Waals surface area contributed by atoms with E-state index in [2.05, 4.69) is 16.0 Å². The Morgan fingerprint density at radius 3 is 2.49 bits per heavy atom. The highest BCUT2D eigenvalue weighted by Gasteiger charge is 2.30. The summed E-state index contributed by atoms with van der Waals surface area (Å²) in [4.78, 5) is 11.0. The number of imidazole rings is 1. The number of aliphatic hydroxyl groups is 2. The van der Waals surface area contributed by atoms with Gasteiger partial charge in [-0.05, 0) is 24.3 Å². The standard InChI is InChI=1S/C28H23N7O2S2/c29-14-18(27-31-19-6-1-3-8-23(19)38-27)21(36)15-34-13-12-33(17-34)10-5-11-35-16-22(37)25(26(35)30)28-32-20-7-2-4-9-24(20)39-28/h1-4,6-9,12-13,17H,5,10-11,15-16H2,(H2-,30,31,32,36,37)/p+1. The Kier molecular flexibility index (Phi) is 6.56. The molecule has 4 heterocycles. The largest absolute Gasteiger partial charge is 0.510 e. The molecule has 0 aliphatic carbocycles. The van der Waals surface area contributed by atoms with Crippen molar-refractivity contribution in [3.63, 3.8) is 0 Å². The topological polar surface area (TPSA) is 126 Å². The van der Waals surface area contributed by atoms with Crippen molar-refractivity contribution in [2.45, 2.75) is 19.5 Å². The van der Waals surface area contributed by atoms with E-state index in [1.807, 2.05) is 81.3 Å². The number of benzene rings is 2. The molecule has 9 nitrogen and oxygen atoms in total. The maximum Gasteiger partial charge on any atom is 0.244 e. The van der Waals surface area contributed by atoms with Gasteiger partial charge < -0.3 is 15.1 Å². The minimum absolute atomic E-state index is 0.0336. The highest BCUT2D eigenvalue weighted by molar-refractivity contribution is 7.20. The molecule has 3 aromatic heterocycles. The van der Waals surface area contributed by atoms with Gasteiger partial charge in [0.05, 0.1) is 39.1 Å². The van der Waals surface area contributed by atoms with E-state index < -0.39 is 0 Å². The van der Waals surface area contributed by atoms with E-state index >= 15 is 0 Å². The van der Waals surface area contributed by atoms with Gasteiger partial charge in [-0.3, -0.25) is 5.41 Å². The minimum atomic E-state index is -0.0336. The Morgan fingerprint density at radius 1 is 1.05 bits per heavy atom. The number of thiazole rings is 2. The Balaban J connectivity index is 1.07. The molecular formula is C28H24N7O2S2+. The number of fused-ring (bicyclic) bond motifs is 2. The summed E-state index contributed by atoms with van der Waals surface area (Å²) >= 11 is 2.87. The molecule has 2 aromatic carbocycles. The van der Waals surface area contributed by atoms with Gasteiger partial charge in [-0.2, -0.15) is 5.26 Å². The van der Waals surface area contributed by atoms with Crippen LogP contribution in [0, 0.1) is 16.7 Å². The average Bonchev–Trinajstić information content (AvgIpc) is 3.70. The number of hydrogen-bond donors (Lipinski definition) is 3. The third-order valence-electron chi connectivity index (χ3n) is 6.52. The first-order valence-corrected chi connectivity index (χ1v) is 14.0. The van der Waals surface area contributed by atoms with Crippen LogP contribution >= 0.6 is 22.7 Å². The van der Waals surface area contributed by atoms with Crippen molar-refractivity contribution in [3.8, 4) is 6.07 Å². The Hall–Kier alpha value is -4.53. The first kappa shape index (κ1) is 24.8. The van der Waals surface area contributed by atoms with Crippen LogP contribution in [0.4, 0.5) is 0 Å². The second-order valence-electron chi connectivity index (χ2n) is 9.18. The summed E-state index contributed by atoms with van der Waals surface area (Å²) in [5.41, 5.74) is 2.37. The zero-order valence-corrected chi connectivity index (χ0v) is 22.4. The molecule has 0 fully saturated rings. The number of rotatable bonds is 8. The Labute approximate surface area is 232 Å². The molecule has 11 heteroatoms. The summed E-state index contributed by atoms with van der Waals surface area (Å²) in [6, 6.07) is 17.6. The van der Waals surface area contributed by atoms with Gasteiger partial charge in [0.2, 0.25) is 6.33 Å². The van der Waals surface area contributed by atoms with E-state index in [0.29, 0.717) is 41.1 Å². The fourth-order valence-corrected chi connectivity index (χ4v) is 6.62. The van der Waals surface area contributed by atoms with Crippen LogP contribution in [-0.2, 0) is 13.1 Å². The normalized spacial score (nSPS) is 14.4. The van der Waals surface area contributed by atoms with E-state index in [4.69, 9.17) is 5.41 Å². The van der Waals surface area contributed by atoms with Crippen LogP contribution in [-0.4, -0.2) is 48.6 Å². The number of nitriles is 1. The quantitative estimate of drug-likeness (QED) is 0.139. The van der Waals surface area contributed by atoms with Crippen molar-refractivity contribution >= 4 is 60.1 Å². The lowest BCUT2D eigenvalue weighted by molar-refractivity contribution is -0.691. The highest BCUT2D eigenvalue weighted by Crippen LogP contribution is 2.33. The lowest BCUT2D eigenvalue weighted by Gasteiger charge is -2.17. The predicted octanol–water partition coefficient (Wildman–Crippen LogP) is 5.14. The summed E-state index contributed by atoms with van der Waals surface area (Å²) in [7, 11) is 0. The summed E-state index contributed by atoms with van der Waals surface area (Å²) in [6.07, 6.45) is 6.39. The van der Waals surface area contributed by atoms with Crippen molar-refractivity contribution in [2.75, 3.05) is 13.1 Å². The molecule has 0 amide bonds. The molecule has 0 unspecified atom stereocenters. The molecule has 1 aliphatic rings. The maximum absolute atomic E-state index is 10.7. The van der Waals surface area contributed by atoms with E-state index in [-0.39, 0.29) is 23.6 Å². The molecule has 194 valence electrons. The third-order valence-corrected chi connectivity index (χ3v) is 8.63. The number of amidine groups is 1. The minimum Gasteiger partial charge on any atom is -0.510 e. The molecular weight excluding hydrogens is 530 g/mol. The smallest absolute Gasteiger partial charge is 0.244 e. The number of aliphatic hydroxyl groups excluding tert-OH is 2. The number of aryl methyl sites for hydroxylation is 1. The average molecular weight is 555 g/mol. The molecule has 3 N–H and O–H groups in total. The summed E-state index contributed by atoms with van der Waals surface area (Å²) < 4.78 is 5.81. The number of hydrogen-bond acceptors (Lipinski definition) is 8. The van der Waals surface area contributed by atoms with Crippen molar-refractivity contribution in [1.29, 1.82) is 10.7 Å². The van der Waals surface area contributed by atoms with Gasteiger partial charge >= 0.3 is 0 Å². The molecule has 0 spiro atoms. The molecule has 6 rings (SSSR count). The number of allylic oxidation sites excluding steroid dienone is 2. The third kappa shape index (κ3) is 4.87. The molecule has 1 aliphatic heterocycles. The fraction of sp³-hybridized carbons (Fsp3) is 0.179. The molecule has 39 heavy (non-hydrogen) atoms. The number of nitrogens with zero attached hydrogens (tertiary/aromatic N) is 6. The number of aromatic nitrogens is 4. The summed E-state index contributed by atoms with van der Waals surface area (Å²) in [5, 5.41) is 40.8. The van der Waals surface area contributed by atoms with Crippen LogP contribution in [0.15, 0.2) is 78.8 Å². The van der Waals surface area contributed by atoms with E-state index in [0.717, 1.165) is 26.9 Å². The summed E-state index contributed by atoms with van der Waals surface area (Å²) in [6.45, 7) is 1.77. The SMILES string of the molecule is N#C/C(=C(\O)C[n+]1ccn(CCCN2CC(O)=C(c3nc4ccccc4s3)C2=N)c1)c1nc2ccccc2s1. The highest BCUT2D eigenvalue weighted by atomic mass is 32.1. The van der Waals surface area contributed by atoms with Gasteiger partial charge in [-0.15, -0.1) is 22.7 Å². The molecule has 0 atom stereocenters. The first-order valence-electron chi connectivity index (χ1n) is 12.3. The van der Waals surface area contributed by atoms with E-state index in [1.54, 1.807) is 0 Å². The molecule has 0 saturated carbocycles. The van der Waals surface area contributed by atoms with E-state index in [1.165, 1.54) is 22.7 Å². The van der Waals surface area contributed by atoms with Crippen molar-refractivity contribution in [1.82, 2.24) is 19.4 Å². The van der Waals surface area contributed by atoms with Gasteiger partial charge in [0.25, 0.3) is 0 Å². The van der Waals surface area contributed by atoms with Crippen LogP contribution in [0.25, 0.3) is 31.6 Å². The van der Waals surface area contributed by atoms with Gasteiger partial charge in [-0.1, -0.05) is 24.3 Å². The van der Waals surface area contributed by atoms with Crippen LogP contribution < -0.4 is 4.57 Å². The van der Waals surface area contributed by atoms with Crippen LogP contribution in [0.5, 0.6) is 0 Å². The molecule has 5 aromatic rings. The van der Waals surface area contributed by atoms with Gasteiger partial charge in [0, 0.05) is 13.0 Å². The summed E-state index contributed by atoms with van der Waals surface area (Å²) in [5.74, 6) is 0.443. The Bertz CT molecular complexity index is 1760.